The first-order valence-electron chi connectivity index (χ1n) is 5.20. The third kappa shape index (κ3) is 2.43. The maximum absolute atomic E-state index is 8.98. The summed E-state index contributed by atoms with van der Waals surface area (Å²) in [6.07, 6.45) is 0. The lowest BCUT2D eigenvalue weighted by molar-refractivity contribution is 1.45. The van der Waals surface area contributed by atoms with Crippen LogP contribution < -0.4 is 5.32 Å². The molecular weight excluding hydrogens is 246 g/mol. The summed E-state index contributed by atoms with van der Waals surface area (Å²) in [7, 11) is 0. The Bertz CT molecular complexity index is 665. The molecule has 0 saturated carbocycles. The van der Waals surface area contributed by atoms with Crippen molar-refractivity contribution in [1.29, 1.82) is 10.5 Å². The molecule has 0 atom stereocenters. The van der Waals surface area contributed by atoms with E-state index in [-0.39, 0.29) is 0 Å². The van der Waals surface area contributed by atoms with Gasteiger partial charge in [0.15, 0.2) is 0 Å². The highest BCUT2D eigenvalue weighted by Crippen LogP contribution is 2.27. The van der Waals surface area contributed by atoms with Crippen LogP contribution >= 0.6 is 11.6 Å². The number of nitriles is 2. The van der Waals surface area contributed by atoms with Gasteiger partial charge in [0.2, 0.25) is 0 Å². The molecule has 0 amide bonds. The molecule has 4 heteroatoms. The van der Waals surface area contributed by atoms with E-state index in [0.29, 0.717) is 27.5 Å². The van der Waals surface area contributed by atoms with Gasteiger partial charge in [-0.2, -0.15) is 10.5 Å². The van der Waals surface area contributed by atoms with Crippen molar-refractivity contribution in [1.82, 2.24) is 0 Å². The van der Waals surface area contributed by atoms with E-state index in [0.717, 1.165) is 0 Å². The van der Waals surface area contributed by atoms with Crippen molar-refractivity contribution in [2.24, 2.45) is 0 Å². The van der Waals surface area contributed by atoms with Crippen molar-refractivity contribution in [3.63, 3.8) is 0 Å². The van der Waals surface area contributed by atoms with Crippen LogP contribution in [-0.2, 0) is 0 Å². The number of halogens is 1. The summed E-state index contributed by atoms with van der Waals surface area (Å²) < 4.78 is 0. The Morgan fingerprint density at radius 2 is 1.72 bits per heavy atom. The molecule has 1 N–H and O–H groups in total. The average molecular weight is 254 g/mol. The molecular formula is C14H8ClN3. The van der Waals surface area contributed by atoms with Gasteiger partial charge in [-0.1, -0.05) is 23.7 Å². The molecule has 0 fully saturated rings. The maximum Gasteiger partial charge on any atom is 0.101 e. The van der Waals surface area contributed by atoms with Crippen molar-refractivity contribution in [2.45, 2.75) is 0 Å². The molecule has 86 valence electrons. The van der Waals surface area contributed by atoms with Crippen molar-refractivity contribution in [3.8, 4) is 12.1 Å². The lowest BCUT2D eigenvalue weighted by atomic mass is 10.1. The van der Waals surface area contributed by atoms with E-state index in [4.69, 9.17) is 22.1 Å². The van der Waals surface area contributed by atoms with Crippen LogP contribution in [0.15, 0.2) is 42.5 Å². The van der Waals surface area contributed by atoms with Crippen molar-refractivity contribution < 1.29 is 0 Å². The van der Waals surface area contributed by atoms with Gasteiger partial charge >= 0.3 is 0 Å². The first-order chi connectivity index (χ1) is 8.74. The molecule has 0 aliphatic heterocycles. The predicted octanol–water partition coefficient (Wildman–Crippen LogP) is 3.83. The number of hydrogen-bond donors (Lipinski definition) is 1. The molecule has 2 aromatic carbocycles. The standard InChI is InChI=1S/C14H8ClN3/c15-12-7-10(8-16)5-6-14(12)18-13-4-2-1-3-11(13)9-17/h1-7,18H. The van der Waals surface area contributed by atoms with Crippen LogP contribution in [0.1, 0.15) is 11.1 Å². The second kappa shape index (κ2) is 5.23. The van der Waals surface area contributed by atoms with Crippen LogP contribution in [0.25, 0.3) is 0 Å². The molecule has 0 aliphatic carbocycles. The SMILES string of the molecule is N#Cc1ccc(Nc2ccccc2C#N)c(Cl)c1. The highest BCUT2D eigenvalue weighted by atomic mass is 35.5. The molecule has 0 aromatic heterocycles. The van der Waals surface area contributed by atoms with E-state index >= 15 is 0 Å². The van der Waals surface area contributed by atoms with Gasteiger partial charge in [0.1, 0.15) is 6.07 Å². The Kier molecular flexibility index (Phi) is 3.48. The Hall–Kier alpha value is -2.49. The molecule has 0 unspecified atom stereocenters. The minimum absolute atomic E-state index is 0.446. The van der Waals surface area contributed by atoms with Crippen LogP contribution in [0.2, 0.25) is 5.02 Å². The minimum atomic E-state index is 0.446. The summed E-state index contributed by atoms with van der Waals surface area (Å²) in [5.74, 6) is 0. The second-order valence-corrected chi connectivity index (χ2v) is 4.00. The summed E-state index contributed by atoms with van der Waals surface area (Å²) in [4.78, 5) is 0. The smallest absolute Gasteiger partial charge is 0.101 e. The lowest BCUT2D eigenvalue weighted by Crippen LogP contribution is -1.94. The highest BCUT2D eigenvalue weighted by molar-refractivity contribution is 6.33. The average Bonchev–Trinajstić information content (AvgIpc) is 2.41. The van der Waals surface area contributed by atoms with Crippen LogP contribution in [0.4, 0.5) is 11.4 Å². The molecule has 0 radical (unpaired) electrons. The van der Waals surface area contributed by atoms with Gasteiger partial charge in [-0.05, 0) is 30.3 Å². The predicted molar refractivity (Wildman–Crippen MR) is 70.6 cm³/mol. The summed E-state index contributed by atoms with van der Waals surface area (Å²) in [6, 6.07) is 16.2. The number of nitrogens with zero attached hydrogens (tertiary/aromatic N) is 2. The van der Waals surface area contributed by atoms with Gasteiger partial charge in [0.25, 0.3) is 0 Å². The first-order valence-corrected chi connectivity index (χ1v) is 5.58. The topological polar surface area (TPSA) is 59.6 Å². The van der Waals surface area contributed by atoms with E-state index in [1.54, 1.807) is 36.4 Å². The molecule has 2 rings (SSSR count). The molecule has 18 heavy (non-hydrogen) atoms. The van der Waals surface area contributed by atoms with Gasteiger partial charge in [-0.15, -0.1) is 0 Å². The third-order valence-corrected chi connectivity index (χ3v) is 2.73. The fraction of sp³-hybridized carbons (Fsp3) is 0. The van der Waals surface area contributed by atoms with Gasteiger partial charge < -0.3 is 5.32 Å². The van der Waals surface area contributed by atoms with Crippen molar-refractivity contribution >= 4 is 23.0 Å². The molecule has 0 bridgehead atoms. The van der Waals surface area contributed by atoms with E-state index in [1.165, 1.54) is 0 Å². The summed E-state index contributed by atoms with van der Waals surface area (Å²) >= 11 is 6.06. The third-order valence-electron chi connectivity index (χ3n) is 2.42. The number of rotatable bonds is 2. The summed E-state index contributed by atoms with van der Waals surface area (Å²) in [5, 5.41) is 21.3. The van der Waals surface area contributed by atoms with E-state index < -0.39 is 0 Å². The molecule has 0 saturated heterocycles. The van der Waals surface area contributed by atoms with Gasteiger partial charge in [-0.25, -0.2) is 0 Å². The molecule has 2 aromatic rings. The van der Waals surface area contributed by atoms with Crippen LogP contribution in [0.5, 0.6) is 0 Å². The molecule has 0 aliphatic rings. The lowest BCUT2D eigenvalue weighted by Gasteiger charge is -2.09. The first kappa shape index (κ1) is 12.0. The summed E-state index contributed by atoms with van der Waals surface area (Å²) in [6.45, 7) is 0. The highest BCUT2D eigenvalue weighted by Gasteiger charge is 2.05. The zero-order chi connectivity index (χ0) is 13.0. The minimum Gasteiger partial charge on any atom is -0.353 e. The summed E-state index contributed by atoms with van der Waals surface area (Å²) in [5.41, 5.74) is 2.39. The molecule has 0 spiro atoms. The number of benzene rings is 2. The maximum atomic E-state index is 8.98. The van der Waals surface area contributed by atoms with Crippen LogP contribution in [0.3, 0.4) is 0 Å². The fourth-order valence-electron chi connectivity index (χ4n) is 1.52. The molecule has 0 heterocycles. The zero-order valence-electron chi connectivity index (χ0n) is 9.31. The largest absolute Gasteiger partial charge is 0.353 e. The van der Waals surface area contributed by atoms with E-state index in [2.05, 4.69) is 11.4 Å². The fourth-order valence-corrected chi connectivity index (χ4v) is 1.75. The molecule has 3 nitrogen and oxygen atoms in total. The Balaban J connectivity index is 2.36. The van der Waals surface area contributed by atoms with Crippen molar-refractivity contribution in [2.75, 3.05) is 5.32 Å². The van der Waals surface area contributed by atoms with Crippen LogP contribution in [-0.4, -0.2) is 0 Å². The number of hydrogen-bond acceptors (Lipinski definition) is 3. The Labute approximate surface area is 110 Å². The Morgan fingerprint density at radius 1 is 0.944 bits per heavy atom. The van der Waals surface area contributed by atoms with Gasteiger partial charge in [0.05, 0.1) is 33.6 Å². The second-order valence-electron chi connectivity index (χ2n) is 3.59. The number of nitrogens with one attached hydrogen (secondary N) is 1. The normalized spacial score (nSPS) is 9.28. The van der Waals surface area contributed by atoms with Crippen LogP contribution in [0, 0.1) is 22.7 Å². The number of para-hydroxylation sites is 1. The monoisotopic (exact) mass is 253 g/mol. The quantitative estimate of drug-likeness (QED) is 0.885. The van der Waals surface area contributed by atoms with E-state index in [9.17, 15) is 0 Å². The van der Waals surface area contributed by atoms with Crippen molar-refractivity contribution in [3.05, 3.63) is 58.6 Å². The zero-order valence-corrected chi connectivity index (χ0v) is 10.1. The van der Waals surface area contributed by atoms with Gasteiger partial charge in [0, 0.05) is 0 Å². The Morgan fingerprint density at radius 3 is 2.39 bits per heavy atom. The van der Waals surface area contributed by atoms with E-state index in [1.807, 2.05) is 12.1 Å². The number of anilines is 2. The van der Waals surface area contributed by atoms with Gasteiger partial charge in [-0.3, -0.25) is 0 Å².